The van der Waals surface area contributed by atoms with Crippen molar-refractivity contribution < 1.29 is 14.3 Å². The molecular formula is C24H36N6O3. The number of nitrogens with two attached hydrogens (primary N) is 1. The minimum atomic E-state index is -0.486. The van der Waals surface area contributed by atoms with Crippen LogP contribution in [0.1, 0.15) is 55.7 Å². The van der Waals surface area contributed by atoms with Crippen molar-refractivity contribution in [3.63, 3.8) is 0 Å². The van der Waals surface area contributed by atoms with Crippen LogP contribution in [0, 0.1) is 6.92 Å². The molecule has 0 saturated heterocycles. The third-order valence-corrected chi connectivity index (χ3v) is 5.96. The van der Waals surface area contributed by atoms with Crippen LogP contribution in [0.15, 0.2) is 23.2 Å². The van der Waals surface area contributed by atoms with Crippen molar-refractivity contribution in [1.29, 1.82) is 0 Å². The van der Waals surface area contributed by atoms with Gasteiger partial charge >= 0.3 is 0 Å². The van der Waals surface area contributed by atoms with Gasteiger partial charge in [0.2, 0.25) is 5.82 Å². The molecule has 33 heavy (non-hydrogen) atoms. The second-order valence-corrected chi connectivity index (χ2v) is 9.22. The van der Waals surface area contributed by atoms with E-state index in [1.54, 1.807) is 14.2 Å². The Morgan fingerprint density at radius 3 is 2.73 bits per heavy atom. The molecule has 4 N–H and O–H groups in total. The first-order valence-corrected chi connectivity index (χ1v) is 11.4. The van der Waals surface area contributed by atoms with E-state index < -0.39 is 5.60 Å². The second-order valence-electron chi connectivity index (χ2n) is 9.22. The van der Waals surface area contributed by atoms with Gasteiger partial charge in [0.1, 0.15) is 18.3 Å². The number of methoxy groups -OCH3 is 2. The first kappa shape index (κ1) is 24.9. The molecule has 1 saturated carbocycles. The van der Waals surface area contributed by atoms with Crippen LogP contribution in [0.2, 0.25) is 0 Å². The summed E-state index contributed by atoms with van der Waals surface area (Å²) in [6.45, 7) is 6.49. The fraction of sp³-hybridized carbons (Fsp3) is 0.583. The molecule has 0 spiro atoms. The molecule has 1 aromatic heterocycles. The maximum Gasteiger partial charge on any atom is 0.289 e. The summed E-state index contributed by atoms with van der Waals surface area (Å²) in [5, 5.41) is 7.32. The van der Waals surface area contributed by atoms with Crippen molar-refractivity contribution in [2.75, 3.05) is 32.7 Å². The van der Waals surface area contributed by atoms with E-state index in [2.05, 4.69) is 20.6 Å². The van der Waals surface area contributed by atoms with Crippen molar-refractivity contribution in [2.24, 2.45) is 10.7 Å². The van der Waals surface area contributed by atoms with Crippen molar-refractivity contribution in [3.05, 3.63) is 29.6 Å². The van der Waals surface area contributed by atoms with Crippen LogP contribution in [0.4, 0.5) is 5.82 Å². The number of amidine groups is 1. The summed E-state index contributed by atoms with van der Waals surface area (Å²) in [6.07, 6.45) is 4.06. The maximum atomic E-state index is 12.9. The molecule has 1 fully saturated rings. The number of fused-ring (bicyclic) bond motifs is 1. The molecule has 1 amide bonds. The lowest BCUT2D eigenvalue weighted by Gasteiger charge is -2.30. The minimum absolute atomic E-state index is 0.0171. The maximum absolute atomic E-state index is 12.9. The number of rotatable bonds is 9. The number of nitrogens with one attached hydrogen (secondary N) is 2. The molecule has 1 heterocycles. The van der Waals surface area contributed by atoms with Crippen LogP contribution >= 0.6 is 0 Å². The lowest BCUT2D eigenvalue weighted by Crippen LogP contribution is -2.40. The Morgan fingerprint density at radius 1 is 1.24 bits per heavy atom. The third kappa shape index (κ3) is 6.61. The van der Waals surface area contributed by atoms with Crippen LogP contribution in [0.5, 0.6) is 0 Å². The zero-order valence-corrected chi connectivity index (χ0v) is 20.3. The molecule has 0 bridgehead atoms. The Balaban J connectivity index is 1.92. The van der Waals surface area contributed by atoms with Crippen molar-refractivity contribution in [3.8, 4) is 0 Å². The molecule has 2 aromatic rings. The molecule has 9 nitrogen and oxygen atoms in total. The van der Waals surface area contributed by atoms with Crippen LogP contribution in [-0.2, 0) is 9.47 Å². The number of aliphatic imine (C=N–C) groups is 1. The summed E-state index contributed by atoms with van der Waals surface area (Å²) in [4.78, 5) is 26.7. The first-order valence-electron chi connectivity index (χ1n) is 11.4. The van der Waals surface area contributed by atoms with Crippen LogP contribution in [-0.4, -0.2) is 66.8 Å². The summed E-state index contributed by atoms with van der Waals surface area (Å²) in [5.74, 6) is 0.904. The van der Waals surface area contributed by atoms with Gasteiger partial charge in [0.15, 0.2) is 0 Å². The van der Waals surface area contributed by atoms with Crippen molar-refractivity contribution in [2.45, 2.75) is 64.1 Å². The van der Waals surface area contributed by atoms with E-state index in [0.29, 0.717) is 30.3 Å². The quantitative estimate of drug-likeness (QED) is 0.391. The van der Waals surface area contributed by atoms with Gasteiger partial charge in [-0.2, -0.15) is 0 Å². The number of aryl methyl sites for hydroxylation is 1. The van der Waals surface area contributed by atoms with Gasteiger partial charge < -0.3 is 25.8 Å². The summed E-state index contributed by atoms with van der Waals surface area (Å²) >= 11 is 0. The van der Waals surface area contributed by atoms with Gasteiger partial charge in [-0.1, -0.05) is 24.5 Å². The average molecular weight is 457 g/mol. The molecule has 180 valence electrons. The molecule has 1 aliphatic rings. The number of amides is 1. The normalized spacial score (nSPS) is 19.5. The summed E-state index contributed by atoms with van der Waals surface area (Å²) in [7, 11) is 3.22. The molecule has 0 aliphatic heterocycles. The summed E-state index contributed by atoms with van der Waals surface area (Å²) in [5.41, 5.74) is 7.35. The fourth-order valence-electron chi connectivity index (χ4n) is 3.91. The van der Waals surface area contributed by atoms with E-state index in [-0.39, 0.29) is 23.8 Å². The SMILES string of the molecule is COCC(N)=N[C@@H]1CCCC[C@@H]1Nc1nc(C(=O)NCC(C)(C)OC)nc2ccc(C)cc12. The molecule has 3 rings (SSSR count). The first-order chi connectivity index (χ1) is 15.7. The van der Waals surface area contributed by atoms with Gasteiger partial charge in [0.25, 0.3) is 5.91 Å². The van der Waals surface area contributed by atoms with Crippen LogP contribution in [0.3, 0.4) is 0 Å². The highest BCUT2D eigenvalue weighted by atomic mass is 16.5. The zero-order valence-electron chi connectivity index (χ0n) is 20.3. The molecule has 1 aromatic carbocycles. The van der Waals surface area contributed by atoms with Gasteiger partial charge in [-0.05, 0) is 45.7 Å². The van der Waals surface area contributed by atoms with Gasteiger partial charge in [-0.15, -0.1) is 0 Å². The lowest BCUT2D eigenvalue weighted by molar-refractivity contribution is 0.0227. The van der Waals surface area contributed by atoms with Crippen LogP contribution in [0.25, 0.3) is 10.9 Å². The fourth-order valence-corrected chi connectivity index (χ4v) is 3.91. The Morgan fingerprint density at radius 2 is 2.00 bits per heavy atom. The Hall–Kier alpha value is -2.78. The number of aromatic nitrogens is 2. The number of benzene rings is 1. The van der Waals surface area contributed by atoms with Crippen molar-refractivity contribution >= 4 is 28.5 Å². The molecule has 0 unspecified atom stereocenters. The average Bonchev–Trinajstić information content (AvgIpc) is 2.79. The number of carbonyl (C=O) groups is 1. The summed E-state index contributed by atoms with van der Waals surface area (Å²) < 4.78 is 10.5. The third-order valence-electron chi connectivity index (χ3n) is 5.96. The molecule has 2 atom stereocenters. The largest absolute Gasteiger partial charge is 0.386 e. The monoisotopic (exact) mass is 456 g/mol. The van der Waals surface area contributed by atoms with E-state index in [1.807, 2.05) is 39.0 Å². The molecular weight excluding hydrogens is 420 g/mol. The van der Waals surface area contributed by atoms with E-state index in [1.165, 1.54) is 0 Å². The number of carbonyl (C=O) groups excluding carboxylic acids is 1. The topological polar surface area (TPSA) is 124 Å². The van der Waals surface area contributed by atoms with E-state index in [0.717, 1.165) is 36.6 Å². The second kappa shape index (κ2) is 10.9. The van der Waals surface area contributed by atoms with Crippen molar-refractivity contribution in [1.82, 2.24) is 15.3 Å². The number of ether oxygens (including phenoxy) is 2. The Bertz CT molecular complexity index is 1010. The number of anilines is 1. The predicted octanol–water partition coefficient (Wildman–Crippen LogP) is 2.82. The zero-order chi connectivity index (χ0) is 24.0. The highest BCUT2D eigenvalue weighted by Crippen LogP contribution is 2.28. The highest BCUT2D eigenvalue weighted by molar-refractivity contribution is 5.96. The van der Waals surface area contributed by atoms with E-state index in [9.17, 15) is 4.79 Å². The Labute approximate surface area is 195 Å². The van der Waals surface area contributed by atoms with E-state index in [4.69, 9.17) is 20.2 Å². The summed E-state index contributed by atoms with van der Waals surface area (Å²) in [6, 6.07) is 6.00. The minimum Gasteiger partial charge on any atom is -0.386 e. The predicted molar refractivity (Wildman–Crippen MR) is 131 cm³/mol. The Kier molecular flexibility index (Phi) is 8.20. The van der Waals surface area contributed by atoms with Gasteiger partial charge in [-0.3, -0.25) is 9.79 Å². The van der Waals surface area contributed by atoms with Crippen LogP contribution < -0.4 is 16.4 Å². The number of hydrogen-bond donors (Lipinski definition) is 3. The standard InChI is InChI=1S/C24H36N6O3/c1-15-10-11-17-16(12-15)21(30-22(28-17)23(31)26-14-24(2,3)33-5)29-19-9-7-6-8-18(19)27-20(25)13-32-4/h10-12,18-19H,6-9,13-14H2,1-5H3,(H2,25,27)(H,26,31)(H,28,29,30)/t18-,19+/m1/s1. The highest BCUT2D eigenvalue weighted by Gasteiger charge is 2.27. The molecule has 9 heteroatoms. The van der Waals surface area contributed by atoms with Gasteiger partial charge in [0, 0.05) is 32.2 Å². The lowest BCUT2D eigenvalue weighted by atomic mass is 9.90. The van der Waals surface area contributed by atoms with Gasteiger partial charge in [-0.25, -0.2) is 9.97 Å². The number of hydrogen-bond acceptors (Lipinski definition) is 7. The van der Waals surface area contributed by atoms with E-state index >= 15 is 0 Å². The molecule has 0 radical (unpaired) electrons. The van der Waals surface area contributed by atoms with Gasteiger partial charge in [0.05, 0.1) is 17.2 Å². The smallest absolute Gasteiger partial charge is 0.289 e. The number of nitrogens with zero attached hydrogens (tertiary/aromatic N) is 3. The molecule has 1 aliphatic carbocycles.